The van der Waals surface area contributed by atoms with Crippen molar-refractivity contribution < 1.29 is 14.3 Å². The minimum absolute atomic E-state index is 0.00376. The van der Waals surface area contributed by atoms with Crippen molar-refractivity contribution in [1.82, 2.24) is 9.80 Å². The number of carbonyl (C=O) groups excluding carboxylic acids is 1. The molecule has 126 valence electrons. The molecule has 1 aromatic rings. The number of aliphatic hydroxyl groups is 1. The molecule has 1 saturated carbocycles. The number of piperazine rings is 1. The van der Waals surface area contributed by atoms with Gasteiger partial charge in [0.1, 0.15) is 5.82 Å². The summed E-state index contributed by atoms with van der Waals surface area (Å²) < 4.78 is 13.8. The van der Waals surface area contributed by atoms with Gasteiger partial charge < -0.3 is 10.0 Å². The molecule has 1 aromatic carbocycles. The zero-order valence-electron chi connectivity index (χ0n) is 13.0. The summed E-state index contributed by atoms with van der Waals surface area (Å²) in [7, 11) is 0. The second kappa shape index (κ2) is 7.16. The van der Waals surface area contributed by atoms with E-state index in [4.69, 9.17) is 11.6 Å². The van der Waals surface area contributed by atoms with E-state index in [-0.39, 0.29) is 24.0 Å². The first kappa shape index (κ1) is 16.7. The zero-order valence-corrected chi connectivity index (χ0v) is 13.8. The van der Waals surface area contributed by atoms with Crippen LogP contribution in [0.2, 0.25) is 5.02 Å². The summed E-state index contributed by atoms with van der Waals surface area (Å²) in [5.41, 5.74) is 0.269. The zero-order chi connectivity index (χ0) is 16.4. The standard InChI is InChI=1S/C17H22ClFN2O2/c18-14-2-1-3-15(19)13(14)10-17(23)21-8-6-20(7-9-21)11-16(22)12-4-5-12/h1-3,12,16,22H,4-11H2/t16-/m1/s1. The molecule has 6 heteroatoms. The summed E-state index contributed by atoms with van der Waals surface area (Å²) in [6.07, 6.45) is 2.01. The highest BCUT2D eigenvalue weighted by molar-refractivity contribution is 6.31. The third-order valence-corrected chi connectivity index (χ3v) is 5.08. The lowest BCUT2D eigenvalue weighted by molar-refractivity contribution is -0.132. The molecular formula is C17H22ClFN2O2. The third kappa shape index (κ3) is 4.22. The van der Waals surface area contributed by atoms with Crippen LogP contribution in [0.25, 0.3) is 0 Å². The molecule has 0 bridgehead atoms. The molecule has 0 spiro atoms. The average Bonchev–Trinajstić information content (AvgIpc) is 3.36. The van der Waals surface area contributed by atoms with Crippen LogP contribution in [-0.2, 0) is 11.2 Å². The fourth-order valence-electron chi connectivity index (χ4n) is 3.04. The van der Waals surface area contributed by atoms with Crippen LogP contribution < -0.4 is 0 Å². The molecule has 1 heterocycles. The minimum atomic E-state index is -0.433. The number of hydrogen-bond acceptors (Lipinski definition) is 3. The quantitative estimate of drug-likeness (QED) is 0.891. The summed E-state index contributed by atoms with van der Waals surface area (Å²) in [5, 5.41) is 10.3. The van der Waals surface area contributed by atoms with E-state index >= 15 is 0 Å². The molecular weight excluding hydrogens is 319 g/mol. The lowest BCUT2D eigenvalue weighted by atomic mass is 10.1. The van der Waals surface area contributed by atoms with Gasteiger partial charge >= 0.3 is 0 Å². The van der Waals surface area contributed by atoms with E-state index < -0.39 is 5.82 Å². The van der Waals surface area contributed by atoms with Gasteiger partial charge in [0, 0.05) is 43.3 Å². The van der Waals surface area contributed by atoms with Gasteiger partial charge in [0.25, 0.3) is 0 Å². The molecule has 23 heavy (non-hydrogen) atoms. The highest BCUT2D eigenvalue weighted by Gasteiger charge is 2.32. The minimum Gasteiger partial charge on any atom is -0.392 e. The molecule has 3 rings (SSSR count). The molecule has 0 aromatic heterocycles. The number of halogens is 2. The van der Waals surface area contributed by atoms with E-state index in [2.05, 4.69) is 4.90 Å². The van der Waals surface area contributed by atoms with Gasteiger partial charge in [-0.15, -0.1) is 0 Å². The molecule has 0 unspecified atom stereocenters. The molecule has 1 aliphatic carbocycles. The van der Waals surface area contributed by atoms with Crippen LogP contribution in [0.3, 0.4) is 0 Å². The van der Waals surface area contributed by atoms with Gasteiger partial charge in [-0.3, -0.25) is 9.69 Å². The van der Waals surface area contributed by atoms with Crippen LogP contribution in [-0.4, -0.2) is 59.6 Å². The Morgan fingerprint density at radius 1 is 1.30 bits per heavy atom. The molecule has 2 fully saturated rings. The van der Waals surface area contributed by atoms with Crippen molar-refractivity contribution in [2.75, 3.05) is 32.7 Å². The largest absolute Gasteiger partial charge is 0.392 e. The van der Waals surface area contributed by atoms with Crippen LogP contribution >= 0.6 is 11.6 Å². The SMILES string of the molecule is O=C(Cc1c(F)cccc1Cl)N1CCN(C[C@@H](O)C2CC2)CC1. The van der Waals surface area contributed by atoms with E-state index in [1.807, 2.05) is 0 Å². The Kier molecular flexibility index (Phi) is 5.19. The number of hydrogen-bond donors (Lipinski definition) is 1. The van der Waals surface area contributed by atoms with Gasteiger partial charge in [0.15, 0.2) is 0 Å². The molecule has 1 amide bonds. The maximum absolute atomic E-state index is 13.8. The molecule has 2 aliphatic rings. The van der Waals surface area contributed by atoms with Gasteiger partial charge in [-0.05, 0) is 30.9 Å². The highest BCUT2D eigenvalue weighted by Crippen LogP contribution is 2.33. The van der Waals surface area contributed by atoms with Crippen LogP contribution in [0.1, 0.15) is 18.4 Å². The van der Waals surface area contributed by atoms with Gasteiger partial charge in [-0.25, -0.2) is 4.39 Å². The van der Waals surface area contributed by atoms with Crippen LogP contribution in [0, 0.1) is 11.7 Å². The number of rotatable bonds is 5. The normalized spacial score (nSPS) is 20.6. The smallest absolute Gasteiger partial charge is 0.227 e. The highest BCUT2D eigenvalue weighted by atomic mass is 35.5. The molecule has 1 N–H and O–H groups in total. The summed E-state index contributed by atoms with van der Waals surface area (Å²) in [5.74, 6) is -0.0608. The van der Waals surface area contributed by atoms with Gasteiger partial charge in [-0.1, -0.05) is 17.7 Å². The fraction of sp³-hybridized carbons (Fsp3) is 0.588. The maximum Gasteiger partial charge on any atom is 0.227 e. The van der Waals surface area contributed by atoms with Crippen molar-refractivity contribution in [2.24, 2.45) is 5.92 Å². The lowest BCUT2D eigenvalue weighted by Gasteiger charge is -2.35. The Bertz CT molecular complexity index is 551. The van der Waals surface area contributed by atoms with E-state index in [1.54, 1.807) is 11.0 Å². The van der Waals surface area contributed by atoms with E-state index in [9.17, 15) is 14.3 Å². The third-order valence-electron chi connectivity index (χ3n) is 4.73. The summed E-state index contributed by atoms with van der Waals surface area (Å²) >= 11 is 5.98. The number of carbonyl (C=O) groups is 1. The van der Waals surface area contributed by atoms with Crippen molar-refractivity contribution in [3.63, 3.8) is 0 Å². The van der Waals surface area contributed by atoms with Crippen molar-refractivity contribution >= 4 is 17.5 Å². The van der Waals surface area contributed by atoms with E-state index in [0.717, 1.165) is 25.9 Å². The Labute approximate surface area is 140 Å². The molecule has 0 radical (unpaired) electrons. The van der Waals surface area contributed by atoms with Crippen LogP contribution in [0.15, 0.2) is 18.2 Å². The van der Waals surface area contributed by atoms with Crippen molar-refractivity contribution in [3.05, 3.63) is 34.6 Å². The average molecular weight is 341 g/mol. The first-order valence-electron chi connectivity index (χ1n) is 8.15. The predicted molar refractivity (Wildman–Crippen MR) is 86.9 cm³/mol. The Morgan fingerprint density at radius 3 is 2.61 bits per heavy atom. The Hall–Kier alpha value is -1.17. The van der Waals surface area contributed by atoms with Crippen LogP contribution in [0.4, 0.5) is 4.39 Å². The summed E-state index contributed by atoms with van der Waals surface area (Å²) in [6.45, 7) is 3.41. The first-order valence-corrected chi connectivity index (χ1v) is 8.53. The van der Waals surface area contributed by atoms with Gasteiger partial charge in [0.2, 0.25) is 5.91 Å². The number of aliphatic hydroxyl groups excluding tert-OH is 1. The summed E-state index contributed by atoms with van der Waals surface area (Å²) in [6, 6.07) is 4.46. The topological polar surface area (TPSA) is 43.8 Å². The van der Waals surface area contributed by atoms with Crippen molar-refractivity contribution in [1.29, 1.82) is 0 Å². The molecule has 4 nitrogen and oxygen atoms in total. The van der Waals surface area contributed by atoms with Gasteiger partial charge in [-0.2, -0.15) is 0 Å². The Balaban J connectivity index is 1.50. The van der Waals surface area contributed by atoms with Crippen molar-refractivity contribution in [3.8, 4) is 0 Å². The molecule has 1 saturated heterocycles. The number of nitrogens with zero attached hydrogens (tertiary/aromatic N) is 2. The number of benzene rings is 1. The first-order chi connectivity index (χ1) is 11.0. The lowest BCUT2D eigenvalue weighted by Crippen LogP contribution is -2.51. The molecule has 1 aliphatic heterocycles. The maximum atomic E-state index is 13.8. The fourth-order valence-corrected chi connectivity index (χ4v) is 3.27. The Morgan fingerprint density at radius 2 is 2.00 bits per heavy atom. The second-order valence-corrected chi connectivity index (χ2v) is 6.87. The summed E-state index contributed by atoms with van der Waals surface area (Å²) in [4.78, 5) is 16.3. The number of amides is 1. The number of β-amino-alcohol motifs (C(OH)–C–C–N with tert-alkyl or cyclic N) is 1. The molecule has 1 atom stereocenters. The van der Waals surface area contributed by atoms with E-state index in [1.165, 1.54) is 12.1 Å². The van der Waals surface area contributed by atoms with Crippen LogP contribution in [0.5, 0.6) is 0 Å². The second-order valence-electron chi connectivity index (χ2n) is 6.46. The van der Waals surface area contributed by atoms with E-state index in [0.29, 0.717) is 30.6 Å². The predicted octanol–water partition coefficient (Wildman–Crippen LogP) is 1.94. The van der Waals surface area contributed by atoms with Crippen molar-refractivity contribution in [2.45, 2.75) is 25.4 Å². The monoisotopic (exact) mass is 340 g/mol. The van der Waals surface area contributed by atoms with Gasteiger partial charge in [0.05, 0.1) is 12.5 Å².